The molecule has 0 aliphatic heterocycles. The first kappa shape index (κ1) is 18.5. The number of benzene rings is 2. The van der Waals surface area contributed by atoms with Crippen molar-refractivity contribution in [3.63, 3.8) is 0 Å². The highest BCUT2D eigenvalue weighted by Gasteiger charge is 2.34. The molecule has 9 heteroatoms. The fourth-order valence-corrected chi connectivity index (χ4v) is 3.57. The molecule has 0 bridgehead atoms. The van der Waals surface area contributed by atoms with Crippen LogP contribution in [0, 0.1) is 6.92 Å². The van der Waals surface area contributed by atoms with Crippen molar-refractivity contribution in [1.82, 2.24) is 4.98 Å². The van der Waals surface area contributed by atoms with Crippen molar-refractivity contribution in [3.05, 3.63) is 57.6 Å². The number of fused-ring (bicyclic) bond motifs is 1. The second-order valence-electron chi connectivity index (χ2n) is 5.76. The Morgan fingerprint density at radius 2 is 1.69 bits per heavy atom. The van der Waals surface area contributed by atoms with E-state index in [1.54, 1.807) is 0 Å². The summed E-state index contributed by atoms with van der Waals surface area (Å²) in [5, 5.41) is 9.95. The Morgan fingerprint density at radius 1 is 1.00 bits per heavy atom. The Bertz CT molecular complexity index is 974. The number of hydrogen-bond donors (Lipinski definition) is 1. The summed E-state index contributed by atoms with van der Waals surface area (Å²) in [6, 6.07) is 4.86. The topological polar surface area (TPSA) is 33.1 Å². The fraction of sp³-hybridized carbons (Fsp3) is 0.235. The van der Waals surface area contributed by atoms with Gasteiger partial charge in [-0.3, -0.25) is 0 Å². The summed E-state index contributed by atoms with van der Waals surface area (Å²) in [5.74, 6) is -0.284. The third-order valence-corrected chi connectivity index (χ3v) is 4.85. The molecule has 3 aromatic rings. The molecule has 2 aromatic carbocycles. The van der Waals surface area contributed by atoms with E-state index in [0.717, 1.165) is 35.6 Å². The molecule has 3 rings (SSSR count). The van der Waals surface area contributed by atoms with Crippen molar-refractivity contribution in [2.75, 3.05) is 0 Å². The number of aryl methyl sites for hydroxylation is 1. The number of thiazole rings is 1. The number of aromatic hydroxyl groups is 1. The Morgan fingerprint density at radius 3 is 2.31 bits per heavy atom. The second kappa shape index (κ2) is 6.15. The van der Waals surface area contributed by atoms with E-state index in [1.807, 2.05) is 0 Å². The molecule has 0 fully saturated rings. The monoisotopic (exact) mass is 391 g/mol. The maximum atomic E-state index is 13.2. The van der Waals surface area contributed by atoms with Gasteiger partial charge < -0.3 is 5.11 Å². The van der Waals surface area contributed by atoms with Crippen LogP contribution in [0.4, 0.5) is 26.3 Å². The number of aromatic nitrogens is 1. The number of hydrogen-bond acceptors (Lipinski definition) is 3. The molecule has 2 nitrogen and oxygen atoms in total. The summed E-state index contributed by atoms with van der Waals surface area (Å²) in [6.07, 6.45) is -9.37. The summed E-state index contributed by atoms with van der Waals surface area (Å²) in [5.41, 5.74) is -1.56. The Kier molecular flexibility index (Phi) is 4.38. The summed E-state index contributed by atoms with van der Waals surface area (Å²) in [6.45, 7) is 1.35. The van der Waals surface area contributed by atoms with Gasteiger partial charge in [0, 0.05) is 6.42 Å². The van der Waals surface area contributed by atoms with Gasteiger partial charge in [0.15, 0.2) is 0 Å². The third-order valence-electron chi connectivity index (χ3n) is 3.83. The Hall–Kier alpha value is -2.29. The average molecular weight is 391 g/mol. The number of phenolic OH excluding ortho intramolecular Hbond substituents is 1. The summed E-state index contributed by atoms with van der Waals surface area (Å²) >= 11 is 0.892. The molecule has 0 amide bonds. The first-order chi connectivity index (χ1) is 11.9. The number of phenols is 1. The Balaban J connectivity index is 2.03. The summed E-state index contributed by atoms with van der Waals surface area (Å²) < 4.78 is 78.2. The highest BCUT2D eigenvalue weighted by molar-refractivity contribution is 7.18. The zero-order valence-corrected chi connectivity index (χ0v) is 14.0. The van der Waals surface area contributed by atoms with Gasteiger partial charge in [0.1, 0.15) is 5.75 Å². The largest absolute Gasteiger partial charge is 0.508 e. The highest BCUT2D eigenvalue weighted by atomic mass is 32.1. The van der Waals surface area contributed by atoms with E-state index in [2.05, 4.69) is 4.98 Å². The average Bonchev–Trinajstić information content (AvgIpc) is 2.90. The molecule has 0 saturated carbocycles. The van der Waals surface area contributed by atoms with Crippen molar-refractivity contribution < 1.29 is 31.4 Å². The van der Waals surface area contributed by atoms with Crippen LogP contribution < -0.4 is 0 Å². The second-order valence-corrected chi connectivity index (χ2v) is 6.87. The molecule has 0 aliphatic carbocycles. The lowest BCUT2D eigenvalue weighted by molar-refractivity contribution is -0.138. The van der Waals surface area contributed by atoms with Gasteiger partial charge in [-0.15, -0.1) is 11.3 Å². The molecule has 1 N–H and O–H groups in total. The van der Waals surface area contributed by atoms with Crippen LogP contribution in [0.25, 0.3) is 10.2 Å². The normalized spacial score (nSPS) is 12.7. The van der Waals surface area contributed by atoms with E-state index in [9.17, 15) is 31.4 Å². The summed E-state index contributed by atoms with van der Waals surface area (Å²) in [4.78, 5) is 4.11. The molecule has 0 spiro atoms. The van der Waals surface area contributed by atoms with Crippen LogP contribution in [0.2, 0.25) is 0 Å². The van der Waals surface area contributed by atoms with Gasteiger partial charge >= 0.3 is 12.4 Å². The van der Waals surface area contributed by atoms with Crippen molar-refractivity contribution in [3.8, 4) is 5.75 Å². The van der Waals surface area contributed by atoms with Gasteiger partial charge in [-0.1, -0.05) is 0 Å². The van der Waals surface area contributed by atoms with E-state index in [-0.39, 0.29) is 38.5 Å². The van der Waals surface area contributed by atoms with Gasteiger partial charge in [-0.2, -0.15) is 26.3 Å². The Labute approximate surface area is 147 Å². The molecular formula is C17H11F6NOS. The quantitative estimate of drug-likeness (QED) is 0.549. The number of halogens is 6. The van der Waals surface area contributed by atoms with Gasteiger partial charge in [-0.05, 0) is 48.4 Å². The summed E-state index contributed by atoms with van der Waals surface area (Å²) in [7, 11) is 0. The minimum Gasteiger partial charge on any atom is -0.508 e. The number of nitrogens with zero attached hydrogens (tertiary/aromatic N) is 1. The molecule has 0 aliphatic rings. The van der Waals surface area contributed by atoms with E-state index >= 15 is 0 Å². The molecule has 0 saturated heterocycles. The third kappa shape index (κ3) is 3.62. The molecule has 1 aromatic heterocycles. The molecule has 138 valence electrons. The zero-order chi connectivity index (χ0) is 19.3. The van der Waals surface area contributed by atoms with Crippen LogP contribution in [0.3, 0.4) is 0 Å². The molecular weight excluding hydrogens is 380 g/mol. The maximum absolute atomic E-state index is 13.2. The minimum atomic E-state index is -4.62. The predicted molar refractivity (Wildman–Crippen MR) is 85.3 cm³/mol. The minimum absolute atomic E-state index is 0.0835. The highest BCUT2D eigenvalue weighted by Crippen LogP contribution is 2.38. The van der Waals surface area contributed by atoms with Gasteiger partial charge in [0.25, 0.3) is 0 Å². The standard InChI is InChI=1S/C17H11F6NOS/c1-8-4-11(17(21,22)23)9(5-13(8)25)6-15-24-12-3-2-10(16(18,19)20)7-14(12)26-15/h2-5,7,25H,6H2,1H3. The van der Waals surface area contributed by atoms with Gasteiger partial charge in [0.2, 0.25) is 0 Å². The lowest BCUT2D eigenvalue weighted by Gasteiger charge is -2.14. The van der Waals surface area contributed by atoms with E-state index < -0.39 is 23.5 Å². The van der Waals surface area contributed by atoms with Crippen molar-refractivity contribution in [1.29, 1.82) is 0 Å². The lowest BCUT2D eigenvalue weighted by atomic mass is 10.0. The molecule has 0 unspecified atom stereocenters. The SMILES string of the molecule is Cc1cc(C(F)(F)F)c(Cc2nc3ccc(C(F)(F)F)cc3s2)cc1O. The number of alkyl halides is 6. The first-order valence-electron chi connectivity index (χ1n) is 7.31. The lowest BCUT2D eigenvalue weighted by Crippen LogP contribution is -2.10. The van der Waals surface area contributed by atoms with Crippen LogP contribution in [-0.4, -0.2) is 10.1 Å². The molecule has 26 heavy (non-hydrogen) atoms. The van der Waals surface area contributed by atoms with Crippen molar-refractivity contribution in [2.24, 2.45) is 0 Å². The molecule has 0 atom stereocenters. The predicted octanol–water partition coefficient (Wildman–Crippen LogP) is 5.94. The van der Waals surface area contributed by atoms with Crippen LogP contribution in [0.5, 0.6) is 5.75 Å². The van der Waals surface area contributed by atoms with Gasteiger partial charge in [0.05, 0.1) is 26.4 Å². The molecule has 1 heterocycles. The van der Waals surface area contributed by atoms with Crippen LogP contribution in [0.15, 0.2) is 30.3 Å². The van der Waals surface area contributed by atoms with Crippen LogP contribution in [0.1, 0.15) is 27.3 Å². The number of rotatable bonds is 2. The molecule has 0 radical (unpaired) electrons. The first-order valence-corrected chi connectivity index (χ1v) is 8.13. The van der Waals surface area contributed by atoms with Crippen LogP contribution >= 0.6 is 11.3 Å². The fourth-order valence-electron chi connectivity index (χ4n) is 2.54. The van der Waals surface area contributed by atoms with Crippen molar-refractivity contribution >= 4 is 21.6 Å². The van der Waals surface area contributed by atoms with Gasteiger partial charge in [-0.25, -0.2) is 4.98 Å². The van der Waals surface area contributed by atoms with E-state index in [0.29, 0.717) is 0 Å². The smallest absolute Gasteiger partial charge is 0.416 e. The van der Waals surface area contributed by atoms with Crippen molar-refractivity contribution in [2.45, 2.75) is 25.7 Å². The maximum Gasteiger partial charge on any atom is 0.416 e. The van der Waals surface area contributed by atoms with E-state index in [4.69, 9.17) is 0 Å². The zero-order valence-electron chi connectivity index (χ0n) is 13.2. The van der Waals surface area contributed by atoms with E-state index in [1.165, 1.54) is 13.0 Å². The van der Waals surface area contributed by atoms with Crippen LogP contribution in [-0.2, 0) is 18.8 Å².